The molecule has 1 aliphatic heterocycles. The van der Waals surface area contributed by atoms with E-state index in [0.29, 0.717) is 5.56 Å². The Morgan fingerprint density at radius 3 is 2.17 bits per heavy atom. The van der Waals surface area contributed by atoms with Gasteiger partial charge in [-0.15, -0.1) is 0 Å². The Morgan fingerprint density at radius 1 is 0.857 bits per heavy atom. The van der Waals surface area contributed by atoms with Crippen molar-refractivity contribution in [3.63, 3.8) is 0 Å². The number of carbonyl (C=O) groups excluding carboxylic acids is 5. The zero-order valence-electron chi connectivity index (χ0n) is 18.2. The van der Waals surface area contributed by atoms with E-state index in [1.54, 1.807) is 12.1 Å². The molecule has 0 N–H and O–H groups in total. The zero-order valence-corrected chi connectivity index (χ0v) is 18.2. The van der Waals surface area contributed by atoms with Crippen molar-refractivity contribution in [1.82, 2.24) is 0 Å². The lowest BCUT2D eigenvalue weighted by atomic mass is 10.1. The van der Waals surface area contributed by atoms with Crippen molar-refractivity contribution in [1.29, 1.82) is 0 Å². The lowest BCUT2D eigenvalue weighted by Gasteiger charge is -2.14. The molecule has 4 rings (SSSR count). The molecule has 0 saturated carbocycles. The fourth-order valence-corrected chi connectivity index (χ4v) is 3.53. The monoisotopic (exact) mass is 472 g/mol. The molecule has 35 heavy (non-hydrogen) atoms. The Balaban J connectivity index is 1.49. The zero-order chi connectivity index (χ0) is 25.3. The molecule has 0 unspecified atom stereocenters. The molecule has 0 bridgehead atoms. The van der Waals surface area contributed by atoms with E-state index in [2.05, 4.69) is 0 Å². The number of anilines is 1. The molecule has 2 amide bonds. The maximum Gasteiger partial charge on any atom is 0.338 e. The lowest BCUT2D eigenvalue weighted by molar-refractivity contribution is -0.384. The van der Waals surface area contributed by atoms with Gasteiger partial charge in [0.15, 0.2) is 18.2 Å². The molecule has 0 spiro atoms. The van der Waals surface area contributed by atoms with Crippen molar-refractivity contribution in [2.75, 3.05) is 11.5 Å². The van der Waals surface area contributed by atoms with Crippen LogP contribution in [0.5, 0.6) is 0 Å². The molecule has 0 radical (unpaired) electrons. The summed E-state index contributed by atoms with van der Waals surface area (Å²) in [5.74, 6) is -2.95. The number of hydrogen-bond acceptors (Lipinski definition) is 8. The van der Waals surface area contributed by atoms with Gasteiger partial charge in [-0.05, 0) is 49.4 Å². The maximum absolute atomic E-state index is 13.0. The normalized spacial score (nSPS) is 12.3. The van der Waals surface area contributed by atoms with Crippen molar-refractivity contribution < 1.29 is 33.6 Å². The first-order valence-electron chi connectivity index (χ1n) is 10.3. The fraction of sp³-hybridized carbons (Fsp3) is 0.0800. The minimum Gasteiger partial charge on any atom is -0.454 e. The van der Waals surface area contributed by atoms with Crippen LogP contribution in [-0.4, -0.2) is 40.9 Å². The Bertz CT molecular complexity index is 1430. The highest BCUT2D eigenvalue weighted by Crippen LogP contribution is 2.30. The number of ether oxygens (including phenoxy) is 1. The van der Waals surface area contributed by atoms with Crippen LogP contribution >= 0.6 is 0 Å². The molecule has 10 heteroatoms. The molecular weight excluding hydrogens is 456 g/mol. The van der Waals surface area contributed by atoms with Gasteiger partial charge in [-0.3, -0.25) is 29.3 Å². The summed E-state index contributed by atoms with van der Waals surface area (Å²) in [6.07, 6.45) is 0. The summed E-state index contributed by atoms with van der Waals surface area (Å²) in [6, 6.07) is 14.7. The SMILES string of the molecule is CC(=O)c1cccc(N2C(=O)c3ccc(C(=O)OCC(=O)c4ccc([N+](=O)[O-])cc4)cc3C2=O)c1. The minimum absolute atomic E-state index is 0.0145. The smallest absolute Gasteiger partial charge is 0.338 e. The Kier molecular flexibility index (Phi) is 6.03. The highest BCUT2D eigenvalue weighted by atomic mass is 16.6. The first-order chi connectivity index (χ1) is 16.7. The van der Waals surface area contributed by atoms with Crippen molar-refractivity contribution in [3.05, 3.63) is 105 Å². The number of Topliss-reactive ketones (excluding diaryl/α,β-unsaturated/α-hetero) is 2. The number of imide groups is 1. The molecule has 0 aliphatic carbocycles. The maximum atomic E-state index is 13.0. The van der Waals surface area contributed by atoms with E-state index in [-0.39, 0.29) is 39.4 Å². The second-order valence-electron chi connectivity index (χ2n) is 7.62. The lowest BCUT2D eigenvalue weighted by Crippen LogP contribution is -2.29. The number of non-ortho nitro benzene ring substituents is 1. The first kappa shape index (κ1) is 23.2. The number of nitro groups is 1. The van der Waals surface area contributed by atoms with E-state index in [0.717, 1.165) is 17.0 Å². The molecule has 174 valence electrons. The molecule has 0 atom stereocenters. The van der Waals surface area contributed by atoms with Crippen molar-refractivity contribution in [2.24, 2.45) is 0 Å². The number of nitrogens with zero attached hydrogens (tertiary/aromatic N) is 2. The van der Waals surface area contributed by atoms with Crippen LogP contribution in [-0.2, 0) is 4.74 Å². The molecule has 0 aromatic heterocycles. The number of benzene rings is 3. The largest absolute Gasteiger partial charge is 0.454 e. The molecular formula is C25H16N2O8. The van der Waals surface area contributed by atoms with Crippen LogP contribution in [0.1, 0.15) is 58.7 Å². The number of hydrogen-bond donors (Lipinski definition) is 0. The molecule has 10 nitrogen and oxygen atoms in total. The van der Waals surface area contributed by atoms with Gasteiger partial charge in [0.1, 0.15) is 0 Å². The summed E-state index contributed by atoms with van der Waals surface area (Å²) < 4.78 is 5.03. The van der Waals surface area contributed by atoms with Crippen LogP contribution < -0.4 is 4.90 Å². The third-order valence-corrected chi connectivity index (χ3v) is 5.37. The number of ketones is 2. The number of fused-ring (bicyclic) bond motifs is 1. The van der Waals surface area contributed by atoms with Gasteiger partial charge >= 0.3 is 5.97 Å². The summed E-state index contributed by atoms with van der Waals surface area (Å²) in [5.41, 5.74) is 0.532. The van der Waals surface area contributed by atoms with Gasteiger partial charge in [0.05, 0.1) is 27.3 Å². The highest BCUT2D eigenvalue weighted by Gasteiger charge is 2.37. The summed E-state index contributed by atoms with van der Waals surface area (Å²) >= 11 is 0. The second kappa shape index (κ2) is 9.10. The topological polar surface area (TPSA) is 141 Å². The van der Waals surface area contributed by atoms with Gasteiger partial charge in [0.25, 0.3) is 17.5 Å². The molecule has 3 aromatic carbocycles. The minimum atomic E-state index is -0.889. The van der Waals surface area contributed by atoms with E-state index in [4.69, 9.17) is 4.74 Å². The van der Waals surface area contributed by atoms with Crippen molar-refractivity contribution in [3.8, 4) is 0 Å². The molecule has 0 fully saturated rings. The summed E-state index contributed by atoms with van der Waals surface area (Å²) in [6.45, 7) is 0.746. The first-order valence-corrected chi connectivity index (χ1v) is 10.3. The van der Waals surface area contributed by atoms with Crippen molar-refractivity contribution >= 4 is 40.7 Å². The van der Waals surface area contributed by atoms with Gasteiger partial charge in [-0.25, -0.2) is 9.69 Å². The van der Waals surface area contributed by atoms with Crippen LogP contribution in [0, 0.1) is 10.1 Å². The molecule has 1 aliphatic rings. The van der Waals surface area contributed by atoms with E-state index >= 15 is 0 Å². The number of carbonyl (C=O) groups is 5. The van der Waals surface area contributed by atoms with E-state index < -0.39 is 35.1 Å². The van der Waals surface area contributed by atoms with Crippen molar-refractivity contribution in [2.45, 2.75) is 6.92 Å². The summed E-state index contributed by atoms with van der Waals surface area (Å²) in [7, 11) is 0. The van der Waals surface area contributed by atoms with Gasteiger partial charge in [0, 0.05) is 23.3 Å². The molecule has 1 heterocycles. The number of amides is 2. The van der Waals surface area contributed by atoms with Gasteiger partial charge < -0.3 is 4.74 Å². The Labute approximate surface area is 197 Å². The van der Waals surface area contributed by atoms with Gasteiger partial charge in [-0.1, -0.05) is 12.1 Å². The third kappa shape index (κ3) is 4.44. The predicted octanol–water partition coefficient (Wildman–Crippen LogP) is 3.64. The van der Waals surface area contributed by atoms with Crippen LogP contribution in [0.4, 0.5) is 11.4 Å². The number of nitro benzene ring substituents is 1. The number of esters is 1. The van der Waals surface area contributed by atoms with Gasteiger partial charge in [-0.2, -0.15) is 0 Å². The molecule has 3 aromatic rings. The van der Waals surface area contributed by atoms with Crippen LogP contribution in [0.25, 0.3) is 0 Å². The average molecular weight is 472 g/mol. The Morgan fingerprint density at radius 2 is 1.51 bits per heavy atom. The van der Waals surface area contributed by atoms with E-state index in [9.17, 15) is 34.1 Å². The van der Waals surface area contributed by atoms with Crippen LogP contribution in [0.15, 0.2) is 66.7 Å². The number of rotatable bonds is 7. The standard InChI is InChI=1S/C25H16N2O8/c1-14(28)16-3-2-4-19(11-16)26-23(30)20-10-7-17(12-21(20)24(26)31)25(32)35-13-22(29)15-5-8-18(9-6-15)27(33)34/h2-12H,13H2,1H3. The fourth-order valence-electron chi connectivity index (χ4n) is 3.53. The molecule has 0 saturated heterocycles. The van der Waals surface area contributed by atoms with E-state index in [1.165, 1.54) is 49.4 Å². The second-order valence-corrected chi connectivity index (χ2v) is 7.62. The highest BCUT2D eigenvalue weighted by molar-refractivity contribution is 6.34. The van der Waals surface area contributed by atoms with Gasteiger partial charge in [0.2, 0.25) is 0 Å². The summed E-state index contributed by atoms with van der Waals surface area (Å²) in [4.78, 5) is 73.2. The van der Waals surface area contributed by atoms with E-state index in [1.807, 2.05) is 0 Å². The predicted molar refractivity (Wildman–Crippen MR) is 122 cm³/mol. The van der Waals surface area contributed by atoms with Crippen LogP contribution in [0.3, 0.4) is 0 Å². The van der Waals surface area contributed by atoms with Crippen LogP contribution in [0.2, 0.25) is 0 Å². The quantitative estimate of drug-likeness (QED) is 0.167. The average Bonchev–Trinajstić information content (AvgIpc) is 3.11. The Hall–Kier alpha value is -4.99. The third-order valence-electron chi connectivity index (χ3n) is 5.37. The summed E-state index contributed by atoms with van der Waals surface area (Å²) in [5, 5.41) is 10.7.